The monoisotopic (exact) mass is 497 g/mol. The molecule has 0 spiro atoms. The third kappa shape index (κ3) is 5.59. The van der Waals surface area contributed by atoms with Gasteiger partial charge in [0.2, 0.25) is 5.91 Å². The fraction of sp³-hybridized carbons (Fsp3) is 0.452. The van der Waals surface area contributed by atoms with Gasteiger partial charge in [0.1, 0.15) is 11.6 Å². The Morgan fingerprint density at radius 2 is 1.73 bits per heavy atom. The number of amides is 1. The lowest BCUT2D eigenvalue weighted by molar-refractivity contribution is -0.124. The van der Waals surface area contributed by atoms with E-state index in [-0.39, 0.29) is 17.1 Å². The smallest absolute Gasteiger partial charge is 0.224 e. The molecule has 7 rings (SSSR count). The summed E-state index contributed by atoms with van der Waals surface area (Å²) >= 11 is 0. The largest absolute Gasteiger partial charge is 0.508 e. The summed E-state index contributed by atoms with van der Waals surface area (Å²) in [5.41, 5.74) is 2.93. The van der Waals surface area contributed by atoms with Crippen molar-refractivity contribution in [2.45, 2.75) is 51.4 Å². The molecule has 4 N–H and O–H groups in total. The van der Waals surface area contributed by atoms with E-state index in [1.54, 1.807) is 12.1 Å². The lowest BCUT2D eigenvalue weighted by Gasteiger charge is -2.56. The summed E-state index contributed by atoms with van der Waals surface area (Å²) in [6.07, 6.45) is 9.55. The first-order chi connectivity index (χ1) is 18.0. The van der Waals surface area contributed by atoms with Crippen molar-refractivity contribution in [1.29, 1.82) is 0 Å². The Kier molecular flexibility index (Phi) is 6.76. The SMILES string of the molecule is O=C(CC12CC3CC(CC(C3)C1)C2)Nc1cccc2nc(NCCCN[CH]c3cccc(O)c3)ccc12. The highest BCUT2D eigenvalue weighted by Gasteiger charge is 2.51. The molecule has 1 heterocycles. The molecule has 4 saturated carbocycles. The number of nitrogens with one attached hydrogen (secondary N) is 3. The second-order valence-electron chi connectivity index (χ2n) is 11.7. The Hall–Kier alpha value is -3.12. The van der Waals surface area contributed by atoms with E-state index in [4.69, 9.17) is 4.98 Å². The number of carbonyl (C=O) groups excluding carboxylic acids is 1. The van der Waals surface area contributed by atoms with E-state index in [2.05, 4.69) is 22.0 Å². The van der Waals surface area contributed by atoms with Gasteiger partial charge in [0.05, 0.1) is 17.7 Å². The van der Waals surface area contributed by atoms with Crippen LogP contribution in [-0.4, -0.2) is 29.1 Å². The van der Waals surface area contributed by atoms with Crippen molar-refractivity contribution in [1.82, 2.24) is 10.3 Å². The van der Waals surface area contributed by atoms with E-state index < -0.39 is 0 Å². The van der Waals surface area contributed by atoms with Crippen LogP contribution in [0.2, 0.25) is 0 Å². The van der Waals surface area contributed by atoms with Gasteiger partial charge < -0.3 is 21.1 Å². The number of fused-ring (bicyclic) bond motifs is 1. The lowest BCUT2D eigenvalue weighted by Crippen LogP contribution is -2.47. The highest BCUT2D eigenvalue weighted by atomic mass is 16.3. The first-order valence-electron chi connectivity index (χ1n) is 13.8. The molecule has 1 aromatic heterocycles. The van der Waals surface area contributed by atoms with Gasteiger partial charge in [-0.2, -0.15) is 0 Å². The molecule has 4 aliphatic carbocycles. The van der Waals surface area contributed by atoms with Gasteiger partial charge in [-0.05, 0) is 117 Å². The molecule has 6 nitrogen and oxygen atoms in total. The van der Waals surface area contributed by atoms with Crippen molar-refractivity contribution in [2.75, 3.05) is 23.7 Å². The number of hydrogen-bond acceptors (Lipinski definition) is 5. The molecule has 2 aromatic carbocycles. The van der Waals surface area contributed by atoms with E-state index in [9.17, 15) is 9.90 Å². The average molecular weight is 498 g/mol. The van der Waals surface area contributed by atoms with Crippen LogP contribution in [0.15, 0.2) is 54.6 Å². The highest BCUT2D eigenvalue weighted by molar-refractivity contribution is 6.01. The fourth-order valence-corrected chi connectivity index (χ4v) is 7.62. The van der Waals surface area contributed by atoms with Crippen LogP contribution in [-0.2, 0) is 4.79 Å². The van der Waals surface area contributed by atoms with E-state index in [0.717, 1.165) is 65.2 Å². The molecule has 0 aliphatic heterocycles. The normalized spacial score (nSPS) is 25.9. The molecule has 0 saturated heterocycles. The highest BCUT2D eigenvalue weighted by Crippen LogP contribution is 2.61. The Labute approximate surface area is 219 Å². The maximum absolute atomic E-state index is 13.2. The predicted molar refractivity (Wildman–Crippen MR) is 148 cm³/mol. The summed E-state index contributed by atoms with van der Waals surface area (Å²) in [6.45, 7) is 3.52. The second kappa shape index (κ2) is 10.3. The summed E-state index contributed by atoms with van der Waals surface area (Å²) in [5, 5.41) is 20.4. The number of phenolic OH excluding ortho intramolecular Hbond substituents is 1. The summed E-state index contributed by atoms with van der Waals surface area (Å²) in [6, 6.07) is 17.2. The van der Waals surface area contributed by atoms with Crippen molar-refractivity contribution in [2.24, 2.45) is 23.2 Å². The minimum atomic E-state index is 0.159. The minimum Gasteiger partial charge on any atom is -0.508 e. The summed E-state index contributed by atoms with van der Waals surface area (Å²) in [5.74, 6) is 3.84. The van der Waals surface area contributed by atoms with Crippen LogP contribution in [0.3, 0.4) is 0 Å². The molecule has 3 aromatic rings. The van der Waals surface area contributed by atoms with Gasteiger partial charge in [-0.3, -0.25) is 4.79 Å². The Morgan fingerprint density at radius 1 is 0.973 bits per heavy atom. The number of aromatic nitrogens is 1. The molecule has 37 heavy (non-hydrogen) atoms. The maximum atomic E-state index is 13.2. The number of aromatic hydroxyl groups is 1. The zero-order valence-corrected chi connectivity index (χ0v) is 21.4. The molecule has 193 valence electrons. The van der Waals surface area contributed by atoms with Crippen LogP contribution in [0.25, 0.3) is 10.9 Å². The van der Waals surface area contributed by atoms with Crippen LogP contribution < -0.4 is 16.0 Å². The van der Waals surface area contributed by atoms with E-state index >= 15 is 0 Å². The van der Waals surface area contributed by atoms with Crippen molar-refractivity contribution < 1.29 is 9.90 Å². The van der Waals surface area contributed by atoms with E-state index in [1.807, 2.05) is 42.9 Å². The molecule has 0 unspecified atom stereocenters. The van der Waals surface area contributed by atoms with Crippen LogP contribution in [0.5, 0.6) is 5.75 Å². The van der Waals surface area contributed by atoms with Gasteiger partial charge in [-0.25, -0.2) is 4.98 Å². The standard InChI is InChI=1S/C31H37N4O2/c36-25-5-1-4-21(15-25)20-32-10-3-11-33-29-9-8-26-27(34-29)6-2-7-28(26)35-30(37)19-31-16-22-12-23(17-31)14-24(13-22)18-31/h1-2,4-9,15,20,22-24,32,36H,3,10-14,16-19H2,(H,33,34)(H,35,37). The number of hydrogen-bond donors (Lipinski definition) is 4. The number of phenols is 1. The van der Waals surface area contributed by atoms with Crippen molar-refractivity contribution in [3.63, 3.8) is 0 Å². The van der Waals surface area contributed by atoms with Gasteiger partial charge in [0.15, 0.2) is 0 Å². The van der Waals surface area contributed by atoms with Crippen LogP contribution in [0.4, 0.5) is 11.5 Å². The number of anilines is 2. The molecular weight excluding hydrogens is 460 g/mol. The molecule has 0 atom stereocenters. The number of rotatable bonds is 10. The minimum absolute atomic E-state index is 0.159. The molecule has 4 fully saturated rings. The fourth-order valence-electron chi connectivity index (χ4n) is 7.62. The molecule has 4 aliphatic rings. The molecule has 1 amide bonds. The number of nitrogens with zero attached hydrogens (tertiary/aromatic N) is 1. The zero-order chi connectivity index (χ0) is 25.2. The zero-order valence-electron chi connectivity index (χ0n) is 21.4. The molecular formula is C31H37N4O2. The Balaban J connectivity index is 1.01. The summed E-state index contributed by atoms with van der Waals surface area (Å²) in [7, 11) is 0. The third-order valence-corrected chi connectivity index (χ3v) is 8.65. The van der Waals surface area contributed by atoms with Gasteiger partial charge >= 0.3 is 0 Å². The van der Waals surface area contributed by atoms with Gasteiger partial charge in [0, 0.05) is 18.4 Å². The summed E-state index contributed by atoms with van der Waals surface area (Å²) in [4.78, 5) is 18.0. The van der Waals surface area contributed by atoms with Crippen molar-refractivity contribution in [3.8, 4) is 5.75 Å². The van der Waals surface area contributed by atoms with Gasteiger partial charge in [0.25, 0.3) is 0 Å². The Morgan fingerprint density at radius 3 is 2.49 bits per heavy atom. The van der Waals surface area contributed by atoms with Gasteiger partial charge in [-0.1, -0.05) is 18.2 Å². The maximum Gasteiger partial charge on any atom is 0.224 e. The van der Waals surface area contributed by atoms with Crippen molar-refractivity contribution >= 4 is 28.3 Å². The molecule has 1 radical (unpaired) electrons. The van der Waals surface area contributed by atoms with Crippen LogP contribution in [0, 0.1) is 29.7 Å². The predicted octanol–water partition coefficient (Wildman–Crippen LogP) is 6.09. The molecule has 4 bridgehead atoms. The quantitative estimate of drug-likeness (QED) is 0.255. The first-order valence-corrected chi connectivity index (χ1v) is 13.8. The lowest BCUT2D eigenvalue weighted by atomic mass is 9.49. The van der Waals surface area contributed by atoms with Gasteiger partial charge in [-0.15, -0.1) is 0 Å². The number of carbonyl (C=O) groups is 1. The number of pyridine rings is 1. The van der Waals surface area contributed by atoms with Crippen LogP contribution in [0.1, 0.15) is 56.9 Å². The average Bonchev–Trinajstić information content (AvgIpc) is 2.85. The number of benzene rings is 2. The second-order valence-corrected chi connectivity index (χ2v) is 11.7. The topological polar surface area (TPSA) is 86.3 Å². The Bertz CT molecular complexity index is 1240. The molecule has 6 heteroatoms. The van der Waals surface area contributed by atoms with Crippen LogP contribution >= 0.6 is 0 Å². The first kappa shape index (κ1) is 24.2. The van der Waals surface area contributed by atoms with E-state index in [1.165, 1.54) is 38.5 Å². The third-order valence-electron chi connectivity index (χ3n) is 8.65. The summed E-state index contributed by atoms with van der Waals surface area (Å²) < 4.78 is 0. The van der Waals surface area contributed by atoms with Crippen molar-refractivity contribution in [3.05, 3.63) is 66.7 Å². The van der Waals surface area contributed by atoms with E-state index in [0.29, 0.717) is 6.42 Å².